The molecule has 2 aromatic carbocycles. The van der Waals surface area contributed by atoms with Crippen LogP contribution in [0.3, 0.4) is 0 Å². The number of aryl methyl sites for hydroxylation is 2. The number of Topliss-reactive ketones (excluding diaryl/α,β-unsaturated/α-hetero) is 1. The quantitative estimate of drug-likeness (QED) is 0.352. The number of benzene rings is 2. The molecular weight excluding hydrogens is 468 g/mol. The number of aliphatic hydroxyl groups excluding tert-OH is 1. The molecule has 176 valence electrons. The number of aromatic nitrogens is 1. The summed E-state index contributed by atoms with van der Waals surface area (Å²) in [4.78, 5) is 32.7. The van der Waals surface area contributed by atoms with Crippen LogP contribution in [0.4, 0.5) is 5.69 Å². The first kappa shape index (κ1) is 22.7. The Bertz CT molecular complexity index is 1520. The molecule has 35 heavy (non-hydrogen) atoms. The van der Waals surface area contributed by atoms with Gasteiger partial charge < -0.3 is 14.3 Å². The van der Waals surface area contributed by atoms with Crippen LogP contribution in [0.25, 0.3) is 11.0 Å². The molecule has 0 spiro atoms. The molecule has 1 atom stereocenters. The maximum Gasteiger partial charge on any atom is 0.294 e. The maximum atomic E-state index is 13.8. The summed E-state index contributed by atoms with van der Waals surface area (Å²) < 4.78 is 11.2. The van der Waals surface area contributed by atoms with Gasteiger partial charge in [0.1, 0.15) is 0 Å². The van der Waals surface area contributed by atoms with Gasteiger partial charge in [-0.2, -0.15) is 0 Å². The van der Waals surface area contributed by atoms with Crippen LogP contribution in [0, 0.1) is 13.8 Å². The van der Waals surface area contributed by atoms with Crippen molar-refractivity contribution in [1.82, 2.24) is 4.98 Å². The molecular formula is C27H21ClN2O5. The number of anilines is 1. The van der Waals surface area contributed by atoms with Gasteiger partial charge in [0.2, 0.25) is 5.78 Å². The molecule has 8 heteroatoms. The number of halogens is 1. The highest BCUT2D eigenvalue weighted by Gasteiger charge is 2.46. The number of aliphatic hydroxyl groups is 1. The van der Waals surface area contributed by atoms with E-state index < -0.39 is 23.5 Å². The standard InChI is InChI=1S/C27H21ClN2O5/c1-14-6-7-19(15(2)9-14)30-23(16-5-4-8-29-13-16)22(25(32)27(30)33)24(31)20-11-17-10-18(28)12-21(34-3)26(17)35-20/h4-13,23,32H,1-3H3. The van der Waals surface area contributed by atoms with E-state index in [9.17, 15) is 14.7 Å². The van der Waals surface area contributed by atoms with E-state index in [4.69, 9.17) is 20.8 Å². The Kier molecular flexibility index (Phi) is 5.57. The first-order chi connectivity index (χ1) is 16.8. The Labute approximate surface area is 206 Å². The van der Waals surface area contributed by atoms with E-state index in [2.05, 4.69) is 4.98 Å². The van der Waals surface area contributed by atoms with E-state index in [1.807, 2.05) is 26.0 Å². The van der Waals surface area contributed by atoms with Gasteiger partial charge >= 0.3 is 0 Å². The third kappa shape index (κ3) is 3.74. The Morgan fingerprint density at radius 1 is 1.17 bits per heavy atom. The van der Waals surface area contributed by atoms with Crippen LogP contribution in [0.1, 0.15) is 33.3 Å². The predicted molar refractivity (Wildman–Crippen MR) is 132 cm³/mol. The molecule has 1 aliphatic rings. The highest BCUT2D eigenvalue weighted by Crippen LogP contribution is 2.43. The molecule has 3 heterocycles. The minimum atomic E-state index is -0.899. The number of amides is 1. The lowest BCUT2D eigenvalue weighted by molar-refractivity contribution is -0.117. The van der Waals surface area contributed by atoms with Crippen molar-refractivity contribution in [1.29, 1.82) is 0 Å². The first-order valence-electron chi connectivity index (χ1n) is 10.9. The molecule has 0 bridgehead atoms. The average Bonchev–Trinajstić information content (AvgIpc) is 3.38. The Morgan fingerprint density at radius 3 is 2.66 bits per heavy atom. The van der Waals surface area contributed by atoms with Gasteiger partial charge in [0.25, 0.3) is 5.91 Å². The number of fused-ring (bicyclic) bond motifs is 1. The molecule has 7 nitrogen and oxygen atoms in total. The number of methoxy groups -OCH3 is 1. The van der Waals surface area contributed by atoms with E-state index in [0.29, 0.717) is 33.0 Å². The van der Waals surface area contributed by atoms with Gasteiger partial charge in [-0.1, -0.05) is 35.4 Å². The van der Waals surface area contributed by atoms with Gasteiger partial charge in [0, 0.05) is 34.6 Å². The molecule has 1 unspecified atom stereocenters. The monoisotopic (exact) mass is 488 g/mol. The largest absolute Gasteiger partial charge is 0.503 e. The number of rotatable bonds is 5. The summed E-state index contributed by atoms with van der Waals surface area (Å²) in [6, 6.07) is 12.9. The Morgan fingerprint density at radius 2 is 1.97 bits per heavy atom. The SMILES string of the molecule is COc1cc(Cl)cc2cc(C(=O)C3=C(O)C(=O)N(c4ccc(C)cc4C)C3c3cccnc3)oc12. The van der Waals surface area contributed by atoms with E-state index in [-0.39, 0.29) is 11.3 Å². The Balaban J connectivity index is 1.67. The molecule has 5 rings (SSSR count). The second-order valence-electron chi connectivity index (χ2n) is 8.38. The predicted octanol–water partition coefficient (Wildman–Crippen LogP) is 5.89. The molecule has 0 aliphatic carbocycles. The van der Waals surface area contributed by atoms with Crippen molar-refractivity contribution in [2.45, 2.75) is 19.9 Å². The van der Waals surface area contributed by atoms with Gasteiger partial charge in [-0.05, 0) is 49.2 Å². The minimum Gasteiger partial charge on any atom is -0.503 e. The third-order valence-corrected chi connectivity index (χ3v) is 6.27. The van der Waals surface area contributed by atoms with Crippen molar-refractivity contribution >= 4 is 39.9 Å². The normalized spacial score (nSPS) is 15.8. The van der Waals surface area contributed by atoms with Gasteiger partial charge in [-0.3, -0.25) is 19.5 Å². The molecule has 4 aromatic rings. The van der Waals surface area contributed by atoms with Crippen molar-refractivity contribution in [2.24, 2.45) is 0 Å². The zero-order chi connectivity index (χ0) is 24.9. The molecule has 1 N–H and O–H groups in total. The van der Waals surface area contributed by atoms with Crippen LogP contribution < -0.4 is 9.64 Å². The molecule has 0 radical (unpaired) electrons. The third-order valence-electron chi connectivity index (χ3n) is 6.06. The number of ether oxygens (including phenoxy) is 1. The molecule has 0 fully saturated rings. The maximum absolute atomic E-state index is 13.8. The lowest BCUT2D eigenvalue weighted by atomic mass is 9.95. The summed E-state index contributed by atoms with van der Waals surface area (Å²) in [6.45, 7) is 3.83. The highest BCUT2D eigenvalue weighted by molar-refractivity contribution is 6.31. The fourth-order valence-electron chi connectivity index (χ4n) is 4.50. The van der Waals surface area contributed by atoms with Gasteiger partial charge in [0.05, 0.1) is 18.7 Å². The van der Waals surface area contributed by atoms with Crippen molar-refractivity contribution in [3.05, 3.63) is 99.7 Å². The van der Waals surface area contributed by atoms with Crippen LogP contribution in [-0.4, -0.2) is 28.9 Å². The molecule has 1 amide bonds. The molecule has 2 aromatic heterocycles. The fourth-order valence-corrected chi connectivity index (χ4v) is 4.71. The highest BCUT2D eigenvalue weighted by atomic mass is 35.5. The van der Waals surface area contributed by atoms with Crippen LogP contribution in [0.5, 0.6) is 5.75 Å². The second kappa shape index (κ2) is 8.60. The van der Waals surface area contributed by atoms with Gasteiger partial charge in [-0.25, -0.2) is 0 Å². The van der Waals surface area contributed by atoms with Crippen molar-refractivity contribution < 1.29 is 23.8 Å². The van der Waals surface area contributed by atoms with Crippen molar-refractivity contribution in [3.8, 4) is 5.75 Å². The number of pyridine rings is 1. The summed E-state index contributed by atoms with van der Waals surface area (Å²) in [5.74, 6) is -1.61. The summed E-state index contributed by atoms with van der Waals surface area (Å²) in [7, 11) is 1.47. The number of carbonyl (C=O) groups excluding carboxylic acids is 2. The van der Waals surface area contributed by atoms with Gasteiger partial charge in [-0.15, -0.1) is 0 Å². The summed E-state index contributed by atoms with van der Waals surface area (Å²) in [5.41, 5.74) is 3.27. The number of nitrogens with zero attached hydrogens (tertiary/aromatic N) is 2. The van der Waals surface area contributed by atoms with Crippen molar-refractivity contribution in [3.63, 3.8) is 0 Å². The number of carbonyl (C=O) groups is 2. The molecule has 0 saturated carbocycles. The zero-order valence-corrected chi connectivity index (χ0v) is 20.0. The average molecular weight is 489 g/mol. The van der Waals surface area contributed by atoms with E-state index >= 15 is 0 Å². The second-order valence-corrected chi connectivity index (χ2v) is 8.82. The molecule has 0 saturated heterocycles. The summed E-state index contributed by atoms with van der Waals surface area (Å²) >= 11 is 6.16. The van der Waals surface area contributed by atoms with Crippen molar-refractivity contribution in [2.75, 3.05) is 12.0 Å². The number of furan rings is 1. The van der Waals surface area contributed by atoms with E-state index in [0.717, 1.165) is 11.1 Å². The number of hydrogen-bond donors (Lipinski definition) is 1. The van der Waals surface area contributed by atoms with Gasteiger partial charge in [0.15, 0.2) is 22.9 Å². The lowest BCUT2D eigenvalue weighted by Gasteiger charge is -2.28. The summed E-state index contributed by atoms with van der Waals surface area (Å²) in [5, 5.41) is 12.0. The van der Waals surface area contributed by atoms with Crippen LogP contribution >= 0.6 is 11.6 Å². The number of hydrogen-bond acceptors (Lipinski definition) is 6. The number of ketones is 1. The van der Waals surface area contributed by atoms with Crippen LogP contribution in [0.2, 0.25) is 5.02 Å². The van der Waals surface area contributed by atoms with E-state index in [1.165, 1.54) is 18.1 Å². The van der Waals surface area contributed by atoms with Crippen LogP contribution in [-0.2, 0) is 4.79 Å². The summed E-state index contributed by atoms with van der Waals surface area (Å²) in [6.07, 6.45) is 3.17. The Hall–Kier alpha value is -4.10. The minimum absolute atomic E-state index is 0.0497. The molecule has 1 aliphatic heterocycles. The van der Waals surface area contributed by atoms with E-state index in [1.54, 1.807) is 42.7 Å². The topological polar surface area (TPSA) is 92.9 Å². The fraction of sp³-hybridized carbons (Fsp3) is 0.148. The zero-order valence-electron chi connectivity index (χ0n) is 19.2. The van der Waals surface area contributed by atoms with Crippen LogP contribution in [0.15, 0.2) is 76.7 Å². The lowest BCUT2D eigenvalue weighted by Crippen LogP contribution is -2.31. The first-order valence-corrected chi connectivity index (χ1v) is 11.2. The smallest absolute Gasteiger partial charge is 0.294 e.